The van der Waals surface area contributed by atoms with Crippen LogP contribution in [0, 0.1) is 0 Å². The summed E-state index contributed by atoms with van der Waals surface area (Å²) in [6.07, 6.45) is 0. The first kappa shape index (κ1) is 32.6. The van der Waals surface area contributed by atoms with E-state index in [1.807, 2.05) is 12.1 Å². The second kappa shape index (κ2) is 14.7. The minimum absolute atomic E-state index is 0.852. The molecule has 0 aliphatic heterocycles. The molecule has 0 unspecified atom stereocenters. The number of nitrogens with zero attached hydrogens (tertiary/aromatic N) is 4. The molecule has 0 bridgehead atoms. The third kappa shape index (κ3) is 6.60. The van der Waals surface area contributed by atoms with Crippen molar-refractivity contribution in [1.29, 1.82) is 0 Å². The molecule has 0 spiro atoms. The number of para-hydroxylation sites is 3. The van der Waals surface area contributed by atoms with E-state index in [2.05, 4.69) is 216 Å². The summed E-state index contributed by atoms with van der Waals surface area (Å²) in [6.45, 7) is 0. The minimum Gasteiger partial charge on any atom is -0.311 e. The van der Waals surface area contributed by atoms with E-state index in [1.165, 1.54) is 0 Å². The zero-order valence-corrected chi connectivity index (χ0v) is 29.6. The van der Waals surface area contributed by atoms with Crippen LogP contribution in [-0.4, -0.2) is 9.97 Å². The average molecular weight is 693 g/mol. The molecule has 9 aromatic rings. The lowest BCUT2D eigenvalue weighted by Crippen LogP contribution is -2.12. The fourth-order valence-corrected chi connectivity index (χ4v) is 7.01. The standard InChI is InChI=1S/C50H36N4/c1-6-16-37(17-7-1)40-28-35-47-48(36-40)52-49(38-18-8-2-9-19-38)50(51-47)39-26-29-44(30-27-39)54(43-24-14-5-15-25-43)46-33-31-45(32-34-46)53(41-20-10-3-11-21-41)42-22-12-4-13-23-42/h1-36H. The van der Waals surface area contributed by atoms with Crippen molar-refractivity contribution >= 4 is 45.2 Å². The smallest absolute Gasteiger partial charge is 0.0973 e. The molecule has 0 saturated heterocycles. The molecule has 0 radical (unpaired) electrons. The van der Waals surface area contributed by atoms with E-state index in [-0.39, 0.29) is 0 Å². The van der Waals surface area contributed by atoms with Gasteiger partial charge in [-0.15, -0.1) is 0 Å². The normalized spacial score (nSPS) is 11.0. The van der Waals surface area contributed by atoms with Gasteiger partial charge in [-0.2, -0.15) is 0 Å². The molecular weight excluding hydrogens is 657 g/mol. The van der Waals surface area contributed by atoms with Gasteiger partial charge in [0.15, 0.2) is 0 Å². The Labute approximate surface area is 315 Å². The predicted molar refractivity (Wildman–Crippen MR) is 225 cm³/mol. The Morgan fingerprint density at radius 2 is 0.556 bits per heavy atom. The molecule has 9 rings (SSSR count). The van der Waals surface area contributed by atoms with E-state index in [1.54, 1.807) is 0 Å². The highest BCUT2D eigenvalue weighted by Crippen LogP contribution is 2.40. The lowest BCUT2D eigenvalue weighted by atomic mass is 10.0. The number of aromatic nitrogens is 2. The van der Waals surface area contributed by atoms with Crippen LogP contribution in [0.1, 0.15) is 0 Å². The summed E-state index contributed by atoms with van der Waals surface area (Å²) in [6, 6.07) is 76.0. The van der Waals surface area contributed by atoms with E-state index in [0.717, 1.165) is 78.8 Å². The van der Waals surface area contributed by atoms with Crippen LogP contribution in [0.2, 0.25) is 0 Å². The zero-order chi connectivity index (χ0) is 36.1. The van der Waals surface area contributed by atoms with Gasteiger partial charge in [0.2, 0.25) is 0 Å². The fraction of sp³-hybridized carbons (Fsp3) is 0. The van der Waals surface area contributed by atoms with E-state index >= 15 is 0 Å². The van der Waals surface area contributed by atoms with E-state index in [0.29, 0.717) is 0 Å². The fourth-order valence-electron chi connectivity index (χ4n) is 7.01. The summed E-state index contributed by atoms with van der Waals surface area (Å²) in [4.78, 5) is 15.1. The molecule has 0 saturated carbocycles. The van der Waals surface area contributed by atoms with Gasteiger partial charge in [0, 0.05) is 45.3 Å². The molecule has 8 aromatic carbocycles. The van der Waals surface area contributed by atoms with E-state index < -0.39 is 0 Å². The molecule has 4 heteroatoms. The largest absolute Gasteiger partial charge is 0.311 e. The van der Waals surface area contributed by atoms with Crippen LogP contribution in [0.4, 0.5) is 34.1 Å². The van der Waals surface area contributed by atoms with Gasteiger partial charge in [-0.25, -0.2) is 9.97 Å². The Morgan fingerprint density at radius 1 is 0.241 bits per heavy atom. The van der Waals surface area contributed by atoms with Crippen LogP contribution in [0.25, 0.3) is 44.7 Å². The minimum atomic E-state index is 0.852. The monoisotopic (exact) mass is 692 g/mol. The van der Waals surface area contributed by atoms with Crippen LogP contribution in [0.5, 0.6) is 0 Å². The maximum absolute atomic E-state index is 5.25. The van der Waals surface area contributed by atoms with Gasteiger partial charge >= 0.3 is 0 Å². The first-order valence-corrected chi connectivity index (χ1v) is 18.2. The van der Waals surface area contributed by atoms with Crippen LogP contribution in [0.15, 0.2) is 218 Å². The van der Waals surface area contributed by atoms with Crippen molar-refractivity contribution in [3.05, 3.63) is 218 Å². The highest BCUT2D eigenvalue weighted by molar-refractivity contribution is 5.89. The quantitative estimate of drug-likeness (QED) is 0.151. The molecule has 0 N–H and O–H groups in total. The third-order valence-corrected chi connectivity index (χ3v) is 9.63. The zero-order valence-electron chi connectivity index (χ0n) is 29.6. The van der Waals surface area contributed by atoms with Gasteiger partial charge in [-0.1, -0.05) is 133 Å². The van der Waals surface area contributed by atoms with Crippen molar-refractivity contribution < 1.29 is 0 Å². The third-order valence-electron chi connectivity index (χ3n) is 9.63. The first-order chi connectivity index (χ1) is 26.8. The SMILES string of the molecule is c1ccc(-c2ccc3nc(-c4ccc(N(c5ccccc5)c5ccc(N(c6ccccc6)c6ccccc6)cc5)cc4)c(-c4ccccc4)nc3c2)cc1. The van der Waals surface area contributed by atoms with Crippen LogP contribution in [-0.2, 0) is 0 Å². The van der Waals surface area contributed by atoms with Gasteiger partial charge in [0.05, 0.1) is 22.4 Å². The molecule has 0 aliphatic carbocycles. The van der Waals surface area contributed by atoms with Crippen molar-refractivity contribution in [2.45, 2.75) is 0 Å². The summed E-state index contributed by atoms with van der Waals surface area (Å²) in [5.41, 5.74) is 14.2. The van der Waals surface area contributed by atoms with Gasteiger partial charge in [0.1, 0.15) is 0 Å². The molecule has 1 heterocycles. The van der Waals surface area contributed by atoms with Crippen molar-refractivity contribution in [3.8, 4) is 33.6 Å². The van der Waals surface area contributed by atoms with Gasteiger partial charge in [0.25, 0.3) is 0 Å². The van der Waals surface area contributed by atoms with Crippen molar-refractivity contribution in [1.82, 2.24) is 9.97 Å². The molecule has 1 aromatic heterocycles. The Bertz CT molecular complexity index is 2570. The molecular formula is C50H36N4. The Hall–Kier alpha value is -7.30. The Kier molecular flexibility index (Phi) is 8.90. The van der Waals surface area contributed by atoms with Crippen molar-refractivity contribution in [3.63, 3.8) is 0 Å². The first-order valence-electron chi connectivity index (χ1n) is 18.2. The van der Waals surface area contributed by atoms with Gasteiger partial charge < -0.3 is 9.80 Å². The Balaban J connectivity index is 1.10. The van der Waals surface area contributed by atoms with Crippen molar-refractivity contribution in [2.24, 2.45) is 0 Å². The van der Waals surface area contributed by atoms with E-state index in [4.69, 9.17) is 9.97 Å². The molecule has 0 amide bonds. The highest BCUT2D eigenvalue weighted by atomic mass is 15.2. The lowest BCUT2D eigenvalue weighted by Gasteiger charge is -2.28. The van der Waals surface area contributed by atoms with Crippen molar-refractivity contribution in [2.75, 3.05) is 9.80 Å². The summed E-state index contributed by atoms with van der Waals surface area (Å²) in [5, 5.41) is 0. The number of hydrogen-bond acceptors (Lipinski definition) is 4. The number of rotatable bonds is 9. The van der Waals surface area contributed by atoms with Crippen LogP contribution >= 0.6 is 0 Å². The molecule has 0 atom stereocenters. The molecule has 0 fully saturated rings. The maximum atomic E-state index is 5.25. The van der Waals surface area contributed by atoms with Crippen LogP contribution < -0.4 is 9.80 Å². The second-order valence-electron chi connectivity index (χ2n) is 13.1. The summed E-state index contributed by atoms with van der Waals surface area (Å²) < 4.78 is 0. The number of hydrogen-bond donors (Lipinski definition) is 0. The molecule has 256 valence electrons. The average Bonchev–Trinajstić information content (AvgIpc) is 3.26. The number of anilines is 6. The van der Waals surface area contributed by atoms with Gasteiger partial charge in [-0.05, 0) is 96.1 Å². The molecule has 4 nitrogen and oxygen atoms in total. The van der Waals surface area contributed by atoms with Crippen LogP contribution in [0.3, 0.4) is 0 Å². The number of benzene rings is 8. The topological polar surface area (TPSA) is 32.3 Å². The number of fused-ring (bicyclic) bond motifs is 1. The lowest BCUT2D eigenvalue weighted by molar-refractivity contribution is 1.25. The van der Waals surface area contributed by atoms with E-state index in [9.17, 15) is 0 Å². The molecule has 54 heavy (non-hydrogen) atoms. The summed E-state index contributed by atoms with van der Waals surface area (Å²) >= 11 is 0. The molecule has 0 aliphatic rings. The second-order valence-corrected chi connectivity index (χ2v) is 13.1. The predicted octanol–water partition coefficient (Wildman–Crippen LogP) is 13.6. The highest BCUT2D eigenvalue weighted by Gasteiger charge is 2.18. The summed E-state index contributed by atoms with van der Waals surface area (Å²) in [5.74, 6) is 0. The Morgan fingerprint density at radius 3 is 1.00 bits per heavy atom. The summed E-state index contributed by atoms with van der Waals surface area (Å²) in [7, 11) is 0. The maximum Gasteiger partial charge on any atom is 0.0973 e. The van der Waals surface area contributed by atoms with Gasteiger partial charge in [-0.3, -0.25) is 0 Å².